The molecule has 0 amide bonds. The summed E-state index contributed by atoms with van der Waals surface area (Å²) in [5, 5.41) is 1.02. The Labute approximate surface area is 82.9 Å². The minimum atomic E-state index is 0.551. The van der Waals surface area contributed by atoms with E-state index in [1.807, 2.05) is 6.07 Å². The van der Waals surface area contributed by atoms with Gasteiger partial charge in [-0.2, -0.15) is 0 Å². The van der Waals surface area contributed by atoms with Crippen LogP contribution < -0.4 is 5.73 Å². The molecule has 3 nitrogen and oxygen atoms in total. The van der Waals surface area contributed by atoms with Crippen molar-refractivity contribution in [3.8, 4) is 0 Å². The van der Waals surface area contributed by atoms with Crippen molar-refractivity contribution < 1.29 is 4.42 Å². The van der Waals surface area contributed by atoms with Crippen LogP contribution in [0.25, 0.3) is 11.0 Å². The molecular weight excluding hydrogens is 176 g/mol. The molecule has 0 saturated heterocycles. The number of hydrogen-bond donors (Lipinski definition) is 1. The molecule has 0 aromatic carbocycles. The number of aromatic nitrogens is 1. The minimum Gasteiger partial charge on any atom is -0.464 e. The summed E-state index contributed by atoms with van der Waals surface area (Å²) in [5.41, 5.74) is 7.73. The second kappa shape index (κ2) is 3.33. The number of fused-ring (bicyclic) bond motifs is 1. The molecule has 2 aromatic rings. The summed E-state index contributed by atoms with van der Waals surface area (Å²) in [4.78, 5) is 4.15. The fourth-order valence-electron chi connectivity index (χ4n) is 1.60. The highest BCUT2D eigenvalue weighted by molar-refractivity contribution is 5.82. The Morgan fingerprint density at radius 3 is 3.00 bits per heavy atom. The zero-order valence-electron chi connectivity index (χ0n) is 8.45. The predicted molar refractivity (Wildman–Crippen MR) is 57.0 cm³/mol. The Hall–Kier alpha value is -1.51. The van der Waals surface area contributed by atoms with E-state index in [4.69, 9.17) is 10.2 Å². The van der Waals surface area contributed by atoms with Gasteiger partial charge in [0, 0.05) is 17.1 Å². The molecular formula is C11H14N2O. The molecule has 2 heterocycles. The van der Waals surface area contributed by atoms with Gasteiger partial charge in [0.25, 0.3) is 0 Å². The van der Waals surface area contributed by atoms with Gasteiger partial charge in [-0.25, -0.2) is 4.98 Å². The van der Waals surface area contributed by atoms with Crippen LogP contribution in [0.2, 0.25) is 0 Å². The van der Waals surface area contributed by atoms with E-state index < -0.39 is 0 Å². The third-order valence-electron chi connectivity index (χ3n) is 2.23. The second-order valence-corrected chi connectivity index (χ2v) is 3.93. The summed E-state index contributed by atoms with van der Waals surface area (Å²) in [6.07, 6.45) is 4.33. The number of nitrogens with two attached hydrogens (primary N) is 1. The third kappa shape index (κ3) is 1.45. The average Bonchev–Trinajstić information content (AvgIpc) is 2.57. The first-order valence-corrected chi connectivity index (χ1v) is 4.79. The van der Waals surface area contributed by atoms with Crippen LogP contribution in [-0.4, -0.2) is 4.98 Å². The first kappa shape index (κ1) is 9.06. The minimum absolute atomic E-state index is 0.551. The fourth-order valence-corrected chi connectivity index (χ4v) is 1.60. The number of furan rings is 1. The maximum atomic E-state index is 5.82. The predicted octanol–water partition coefficient (Wildman–Crippen LogP) is 2.61. The van der Waals surface area contributed by atoms with Crippen LogP contribution in [0.5, 0.6) is 0 Å². The molecule has 0 radical (unpaired) electrons. The van der Waals surface area contributed by atoms with Gasteiger partial charge in [-0.15, -0.1) is 0 Å². The van der Waals surface area contributed by atoms with E-state index in [1.54, 1.807) is 12.5 Å². The molecule has 2 N–H and O–H groups in total. The van der Waals surface area contributed by atoms with E-state index in [9.17, 15) is 0 Å². The maximum Gasteiger partial charge on any atom is 0.142 e. The third-order valence-corrected chi connectivity index (χ3v) is 2.23. The van der Waals surface area contributed by atoms with Crippen molar-refractivity contribution in [2.45, 2.75) is 20.3 Å². The van der Waals surface area contributed by atoms with Crippen LogP contribution in [0.4, 0.5) is 5.82 Å². The van der Waals surface area contributed by atoms with Crippen molar-refractivity contribution in [1.82, 2.24) is 4.98 Å². The molecule has 2 aromatic heterocycles. The lowest BCUT2D eigenvalue weighted by atomic mass is 10.0. The lowest BCUT2D eigenvalue weighted by Gasteiger charge is -2.07. The summed E-state index contributed by atoms with van der Waals surface area (Å²) in [6, 6.07) is 1.91. The second-order valence-electron chi connectivity index (χ2n) is 3.93. The molecule has 2 rings (SSSR count). The Morgan fingerprint density at radius 1 is 1.50 bits per heavy atom. The van der Waals surface area contributed by atoms with Crippen LogP contribution in [0.1, 0.15) is 19.4 Å². The largest absolute Gasteiger partial charge is 0.464 e. The molecule has 0 aliphatic carbocycles. The van der Waals surface area contributed by atoms with Crippen molar-refractivity contribution in [3.63, 3.8) is 0 Å². The van der Waals surface area contributed by atoms with Gasteiger partial charge in [0.1, 0.15) is 11.4 Å². The van der Waals surface area contributed by atoms with Crippen LogP contribution >= 0.6 is 0 Å². The Morgan fingerprint density at radius 2 is 2.29 bits per heavy atom. The molecule has 0 spiro atoms. The van der Waals surface area contributed by atoms with E-state index in [0.717, 1.165) is 23.0 Å². The number of nitrogen functional groups attached to an aromatic ring is 1. The van der Waals surface area contributed by atoms with E-state index in [2.05, 4.69) is 18.8 Å². The van der Waals surface area contributed by atoms with Crippen molar-refractivity contribution in [3.05, 3.63) is 24.1 Å². The zero-order valence-corrected chi connectivity index (χ0v) is 8.45. The highest BCUT2D eigenvalue weighted by Gasteiger charge is 2.10. The molecule has 0 fully saturated rings. The van der Waals surface area contributed by atoms with Gasteiger partial charge in [0.05, 0.1) is 6.26 Å². The summed E-state index contributed by atoms with van der Waals surface area (Å²) in [6.45, 7) is 4.31. The standard InChI is InChI=1S/C11H14N2O/c1-7(2)5-9-10-8(3-4-14-10)6-13-11(9)12/h3-4,6-7H,5H2,1-2H3,(H2,12,13). The molecule has 74 valence electrons. The SMILES string of the molecule is CC(C)Cc1c(N)ncc2ccoc12. The Bertz CT molecular complexity index is 445. The maximum absolute atomic E-state index is 5.82. The highest BCUT2D eigenvalue weighted by atomic mass is 16.3. The molecule has 3 heteroatoms. The number of pyridine rings is 1. The van der Waals surface area contributed by atoms with Gasteiger partial charge in [-0.05, 0) is 18.4 Å². The van der Waals surface area contributed by atoms with Crippen molar-refractivity contribution in [1.29, 1.82) is 0 Å². The van der Waals surface area contributed by atoms with Crippen molar-refractivity contribution >= 4 is 16.8 Å². The zero-order chi connectivity index (χ0) is 10.1. The van der Waals surface area contributed by atoms with Crippen LogP contribution in [0, 0.1) is 5.92 Å². The quantitative estimate of drug-likeness (QED) is 0.791. The van der Waals surface area contributed by atoms with Crippen molar-refractivity contribution in [2.24, 2.45) is 5.92 Å². The Balaban J connectivity index is 2.58. The molecule has 0 bridgehead atoms. The lowest BCUT2D eigenvalue weighted by Crippen LogP contribution is -2.01. The first-order chi connectivity index (χ1) is 6.68. The molecule has 0 atom stereocenters. The van der Waals surface area contributed by atoms with Crippen LogP contribution in [0.15, 0.2) is 22.9 Å². The summed E-state index contributed by atoms with van der Waals surface area (Å²) < 4.78 is 5.41. The molecule has 0 aliphatic heterocycles. The van der Waals surface area contributed by atoms with Gasteiger partial charge in [-0.1, -0.05) is 13.8 Å². The monoisotopic (exact) mass is 190 g/mol. The number of nitrogens with zero attached hydrogens (tertiary/aromatic N) is 1. The highest BCUT2D eigenvalue weighted by Crippen LogP contribution is 2.25. The van der Waals surface area contributed by atoms with Crippen LogP contribution in [0.3, 0.4) is 0 Å². The van der Waals surface area contributed by atoms with E-state index in [0.29, 0.717) is 11.7 Å². The average molecular weight is 190 g/mol. The molecule has 0 aliphatic rings. The van der Waals surface area contributed by atoms with Gasteiger partial charge >= 0.3 is 0 Å². The van der Waals surface area contributed by atoms with Gasteiger partial charge in [0.2, 0.25) is 0 Å². The number of anilines is 1. The van der Waals surface area contributed by atoms with Crippen molar-refractivity contribution in [2.75, 3.05) is 5.73 Å². The number of rotatable bonds is 2. The summed E-state index contributed by atoms with van der Waals surface area (Å²) in [7, 11) is 0. The van der Waals surface area contributed by atoms with Gasteiger partial charge in [-0.3, -0.25) is 0 Å². The van der Waals surface area contributed by atoms with Gasteiger partial charge in [0.15, 0.2) is 0 Å². The molecule has 14 heavy (non-hydrogen) atoms. The fraction of sp³-hybridized carbons (Fsp3) is 0.364. The van der Waals surface area contributed by atoms with Gasteiger partial charge < -0.3 is 10.2 Å². The first-order valence-electron chi connectivity index (χ1n) is 4.79. The molecule has 0 unspecified atom stereocenters. The molecule has 0 saturated carbocycles. The summed E-state index contributed by atoms with van der Waals surface area (Å²) in [5.74, 6) is 1.14. The van der Waals surface area contributed by atoms with Crippen LogP contribution in [-0.2, 0) is 6.42 Å². The van der Waals surface area contributed by atoms with E-state index >= 15 is 0 Å². The summed E-state index contributed by atoms with van der Waals surface area (Å²) >= 11 is 0. The topological polar surface area (TPSA) is 52.0 Å². The Kier molecular flexibility index (Phi) is 2.15. The smallest absolute Gasteiger partial charge is 0.142 e. The van der Waals surface area contributed by atoms with E-state index in [-0.39, 0.29) is 0 Å². The number of hydrogen-bond acceptors (Lipinski definition) is 3. The normalized spacial score (nSPS) is 11.4. The van der Waals surface area contributed by atoms with E-state index in [1.165, 1.54) is 0 Å². The lowest BCUT2D eigenvalue weighted by molar-refractivity contribution is 0.595.